The van der Waals surface area contributed by atoms with Crippen LogP contribution in [0.1, 0.15) is 30.0 Å². The average Bonchev–Trinajstić information content (AvgIpc) is 2.89. The maximum absolute atomic E-state index is 12.0. The van der Waals surface area contributed by atoms with Crippen LogP contribution in [-0.4, -0.2) is 32.7 Å². The first kappa shape index (κ1) is 14.7. The molecule has 2 heterocycles. The van der Waals surface area contributed by atoms with Gasteiger partial charge in [0.25, 0.3) is 5.56 Å². The molecule has 7 heteroatoms. The molecule has 0 atom stereocenters. The highest BCUT2D eigenvalue weighted by atomic mass is 16.5. The summed E-state index contributed by atoms with van der Waals surface area (Å²) < 4.78 is 6.36. The van der Waals surface area contributed by atoms with Crippen molar-refractivity contribution < 1.29 is 9.53 Å². The van der Waals surface area contributed by atoms with E-state index in [1.807, 2.05) is 13.8 Å². The predicted molar refractivity (Wildman–Crippen MR) is 78.5 cm³/mol. The molecule has 110 valence electrons. The Balaban J connectivity index is 0.000000774. The third kappa shape index (κ3) is 2.37. The number of methoxy groups -OCH3 is 1. The van der Waals surface area contributed by atoms with Gasteiger partial charge in [-0.1, -0.05) is 13.8 Å². The molecule has 0 aliphatic heterocycles. The number of carbonyl (C=O) groups excluding carboxylic acids is 1. The molecular formula is C14H16N4O3. The molecule has 0 aliphatic rings. The third-order valence-corrected chi connectivity index (χ3v) is 2.95. The minimum Gasteiger partial charge on any atom is -0.465 e. The molecule has 2 aromatic heterocycles. The third-order valence-electron chi connectivity index (χ3n) is 2.95. The number of aromatic amines is 1. The molecule has 0 bridgehead atoms. The lowest BCUT2D eigenvalue weighted by molar-refractivity contribution is 0.0601. The van der Waals surface area contributed by atoms with Crippen molar-refractivity contribution in [3.05, 3.63) is 39.9 Å². The summed E-state index contributed by atoms with van der Waals surface area (Å²) in [6.45, 7) is 5.78. The topological polar surface area (TPSA) is 89.4 Å². The Morgan fingerprint density at radius 3 is 2.67 bits per heavy atom. The van der Waals surface area contributed by atoms with Gasteiger partial charge in [0.15, 0.2) is 0 Å². The van der Waals surface area contributed by atoms with Crippen LogP contribution in [0.15, 0.2) is 23.0 Å². The van der Waals surface area contributed by atoms with Gasteiger partial charge >= 0.3 is 5.97 Å². The van der Waals surface area contributed by atoms with Crippen molar-refractivity contribution in [2.24, 2.45) is 0 Å². The number of hydrogen-bond acceptors (Lipinski definition) is 5. The summed E-state index contributed by atoms with van der Waals surface area (Å²) in [5, 5.41) is 8.17. The van der Waals surface area contributed by atoms with Gasteiger partial charge in [0.05, 0.1) is 23.6 Å². The van der Waals surface area contributed by atoms with Gasteiger partial charge in [-0.05, 0) is 25.1 Å². The molecule has 0 spiro atoms. The number of aryl methyl sites for hydroxylation is 1. The van der Waals surface area contributed by atoms with Gasteiger partial charge in [0, 0.05) is 0 Å². The molecule has 0 aliphatic carbocycles. The van der Waals surface area contributed by atoms with Crippen LogP contribution in [0.5, 0.6) is 0 Å². The van der Waals surface area contributed by atoms with Crippen molar-refractivity contribution in [3.63, 3.8) is 0 Å². The monoisotopic (exact) mass is 288 g/mol. The van der Waals surface area contributed by atoms with Gasteiger partial charge in [-0.25, -0.2) is 4.79 Å². The zero-order chi connectivity index (χ0) is 15.6. The number of ether oxygens (including phenoxy) is 1. The van der Waals surface area contributed by atoms with Crippen LogP contribution in [-0.2, 0) is 4.74 Å². The molecule has 0 saturated heterocycles. The highest BCUT2D eigenvalue weighted by Gasteiger charge is 2.12. The first-order valence-corrected chi connectivity index (χ1v) is 6.58. The molecule has 0 amide bonds. The van der Waals surface area contributed by atoms with Crippen molar-refractivity contribution in [2.45, 2.75) is 20.8 Å². The molecular weight excluding hydrogens is 272 g/mol. The fourth-order valence-corrected chi connectivity index (χ4v) is 2.06. The van der Waals surface area contributed by atoms with E-state index in [1.165, 1.54) is 13.2 Å². The first-order valence-electron chi connectivity index (χ1n) is 6.58. The lowest BCUT2D eigenvalue weighted by atomic mass is 10.1. The Labute approximate surface area is 120 Å². The summed E-state index contributed by atoms with van der Waals surface area (Å²) >= 11 is 0. The maximum atomic E-state index is 12.0. The van der Waals surface area contributed by atoms with E-state index in [0.717, 1.165) is 0 Å². The SMILES string of the molecule is CC.COC(=O)c1ccc2c(c1)c(=O)[nH]c1nnc(C)n12. The second-order valence-corrected chi connectivity index (χ2v) is 4.08. The van der Waals surface area contributed by atoms with Crippen molar-refractivity contribution in [3.8, 4) is 0 Å². The minimum atomic E-state index is -0.484. The van der Waals surface area contributed by atoms with Crippen LogP contribution >= 0.6 is 0 Å². The lowest BCUT2D eigenvalue weighted by Crippen LogP contribution is -2.12. The van der Waals surface area contributed by atoms with Crippen molar-refractivity contribution in [1.82, 2.24) is 19.6 Å². The molecule has 0 saturated carbocycles. The number of aromatic nitrogens is 4. The standard InChI is InChI=1S/C12H10N4O3.C2H6/c1-6-14-15-12-13-10(17)8-5-7(11(18)19-2)3-4-9(8)16(6)12;1-2/h3-5H,1-2H3,(H,13,15,17);1-2H3. The number of hydrogen-bond donors (Lipinski definition) is 1. The van der Waals surface area contributed by atoms with Crippen molar-refractivity contribution >= 4 is 22.6 Å². The zero-order valence-electron chi connectivity index (χ0n) is 12.3. The van der Waals surface area contributed by atoms with Crippen LogP contribution in [0.3, 0.4) is 0 Å². The van der Waals surface area contributed by atoms with E-state index < -0.39 is 5.97 Å². The van der Waals surface area contributed by atoms with Gasteiger partial charge in [0.2, 0.25) is 5.78 Å². The molecule has 0 radical (unpaired) electrons. The highest BCUT2D eigenvalue weighted by molar-refractivity contribution is 5.94. The molecule has 0 fully saturated rings. The number of H-pyrrole nitrogens is 1. The first-order chi connectivity index (χ1) is 10.1. The molecule has 7 nitrogen and oxygen atoms in total. The Kier molecular flexibility index (Phi) is 4.02. The number of fused-ring (bicyclic) bond motifs is 3. The van der Waals surface area contributed by atoms with Crippen LogP contribution in [0.25, 0.3) is 16.7 Å². The summed E-state index contributed by atoms with van der Waals surface area (Å²) in [6.07, 6.45) is 0. The molecule has 3 aromatic rings. The van der Waals surface area contributed by atoms with E-state index in [9.17, 15) is 9.59 Å². The summed E-state index contributed by atoms with van der Waals surface area (Å²) in [7, 11) is 1.30. The van der Waals surface area contributed by atoms with E-state index >= 15 is 0 Å². The van der Waals surface area contributed by atoms with Crippen molar-refractivity contribution in [1.29, 1.82) is 0 Å². The minimum absolute atomic E-state index is 0.319. The Hall–Kier alpha value is -2.70. The summed E-state index contributed by atoms with van der Waals surface area (Å²) in [4.78, 5) is 26.1. The number of nitrogens with zero attached hydrogens (tertiary/aromatic N) is 3. The van der Waals surface area contributed by atoms with Crippen LogP contribution in [0, 0.1) is 6.92 Å². The second-order valence-electron chi connectivity index (χ2n) is 4.08. The molecule has 1 N–H and O–H groups in total. The van der Waals surface area contributed by atoms with E-state index in [-0.39, 0.29) is 5.56 Å². The van der Waals surface area contributed by atoms with Gasteiger partial charge in [-0.3, -0.25) is 14.2 Å². The van der Waals surface area contributed by atoms with Gasteiger partial charge in [-0.15, -0.1) is 10.2 Å². The summed E-state index contributed by atoms with van der Waals surface area (Å²) in [5.41, 5.74) is 0.653. The van der Waals surface area contributed by atoms with Gasteiger partial charge in [-0.2, -0.15) is 0 Å². The van der Waals surface area contributed by atoms with Crippen LogP contribution in [0.2, 0.25) is 0 Å². The Morgan fingerprint density at radius 2 is 2.00 bits per heavy atom. The van der Waals surface area contributed by atoms with E-state index in [2.05, 4.69) is 19.9 Å². The molecule has 3 rings (SSSR count). The van der Waals surface area contributed by atoms with Crippen LogP contribution in [0.4, 0.5) is 0 Å². The highest BCUT2D eigenvalue weighted by Crippen LogP contribution is 2.15. The normalized spacial score (nSPS) is 10.3. The number of esters is 1. The number of carbonyl (C=O) groups is 1. The van der Waals surface area contributed by atoms with E-state index in [0.29, 0.717) is 28.1 Å². The predicted octanol–water partition coefficient (Wildman–Crippen LogP) is 1.69. The fourth-order valence-electron chi connectivity index (χ4n) is 2.06. The lowest BCUT2D eigenvalue weighted by Gasteiger charge is -2.04. The van der Waals surface area contributed by atoms with Crippen LogP contribution < -0.4 is 5.56 Å². The fraction of sp³-hybridized carbons (Fsp3) is 0.286. The number of nitrogens with one attached hydrogen (secondary N) is 1. The summed E-state index contributed by atoms with van der Waals surface area (Å²) in [5.74, 6) is 0.546. The number of rotatable bonds is 1. The zero-order valence-corrected chi connectivity index (χ0v) is 12.3. The second kappa shape index (κ2) is 5.74. The Bertz CT molecular complexity index is 864. The molecule has 1 aromatic carbocycles. The van der Waals surface area contributed by atoms with Gasteiger partial charge < -0.3 is 4.74 Å². The molecule has 0 unspecified atom stereocenters. The van der Waals surface area contributed by atoms with Crippen molar-refractivity contribution in [2.75, 3.05) is 7.11 Å². The number of benzene rings is 1. The molecule has 21 heavy (non-hydrogen) atoms. The quantitative estimate of drug-likeness (QED) is 0.688. The van der Waals surface area contributed by atoms with Gasteiger partial charge in [0.1, 0.15) is 5.82 Å². The largest absolute Gasteiger partial charge is 0.465 e. The smallest absolute Gasteiger partial charge is 0.337 e. The maximum Gasteiger partial charge on any atom is 0.337 e. The Morgan fingerprint density at radius 1 is 1.29 bits per heavy atom. The van der Waals surface area contributed by atoms with E-state index in [1.54, 1.807) is 23.5 Å². The summed E-state index contributed by atoms with van der Waals surface area (Å²) in [6, 6.07) is 4.78. The van der Waals surface area contributed by atoms with E-state index in [4.69, 9.17) is 0 Å². The average molecular weight is 288 g/mol.